The van der Waals surface area contributed by atoms with Gasteiger partial charge in [0.2, 0.25) is 11.8 Å². The highest BCUT2D eigenvalue weighted by molar-refractivity contribution is 6.35. The molecule has 3 aromatic rings. The summed E-state index contributed by atoms with van der Waals surface area (Å²) < 4.78 is 0. The molecule has 0 unspecified atom stereocenters. The lowest BCUT2D eigenvalue weighted by Crippen LogP contribution is -2.52. The SMILES string of the molecule is CCc1ccc(CCC(=O)N(Cc2ccc(Cl)cc2Cl)[C@@H](Cc2ccccc2)C(=O)N[C@@H](C)CC)cc1. The fourth-order valence-electron chi connectivity index (χ4n) is 4.17. The van der Waals surface area contributed by atoms with Crippen molar-refractivity contribution in [3.05, 3.63) is 105 Å². The van der Waals surface area contributed by atoms with Crippen LogP contribution in [0.2, 0.25) is 10.0 Å². The molecule has 4 nitrogen and oxygen atoms in total. The summed E-state index contributed by atoms with van der Waals surface area (Å²) >= 11 is 12.6. The van der Waals surface area contributed by atoms with Crippen LogP contribution in [-0.2, 0) is 35.4 Å². The molecule has 3 aromatic carbocycles. The summed E-state index contributed by atoms with van der Waals surface area (Å²) in [6, 6.07) is 22.7. The molecule has 2 atom stereocenters. The first-order chi connectivity index (χ1) is 17.8. The molecule has 1 N–H and O–H groups in total. The zero-order chi connectivity index (χ0) is 26.8. The highest BCUT2D eigenvalue weighted by Gasteiger charge is 2.31. The van der Waals surface area contributed by atoms with E-state index < -0.39 is 6.04 Å². The third-order valence-corrected chi connectivity index (χ3v) is 7.27. The second kappa shape index (κ2) is 14.2. The van der Waals surface area contributed by atoms with E-state index in [1.165, 1.54) is 5.56 Å². The smallest absolute Gasteiger partial charge is 0.243 e. The Morgan fingerprint density at radius 3 is 2.19 bits per heavy atom. The van der Waals surface area contributed by atoms with Crippen molar-refractivity contribution < 1.29 is 9.59 Å². The lowest BCUT2D eigenvalue weighted by atomic mass is 10.0. The largest absolute Gasteiger partial charge is 0.352 e. The van der Waals surface area contributed by atoms with E-state index in [1.54, 1.807) is 17.0 Å². The molecule has 37 heavy (non-hydrogen) atoms. The van der Waals surface area contributed by atoms with Gasteiger partial charge in [0.05, 0.1) is 0 Å². The van der Waals surface area contributed by atoms with E-state index in [4.69, 9.17) is 23.2 Å². The van der Waals surface area contributed by atoms with Crippen LogP contribution in [0.15, 0.2) is 72.8 Å². The third-order valence-electron chi connectivity index (χ3n) is 6.69. The first-order valence-corrected chi connectivity index (χ1v) is 13.7. The number of halogens is 2. The standard InChI is InChI=1S/C31H36Cl2N2O2/c1-4-22(3)34-31(37)29(19-25-9-7-6-8-10-25)35(21-26-16-17-27(32)20-28(26)33)30(36)18-15-24-13-11-23(5-2)12-14-24/h6-14,16-17,20,22,29H,4-5,15,18-19,21H2,1-3H3,(H,34,37)/t22-,29-/m0/s1. The summed E-state index contributed by atoms with van der Waals surface area (Å²) in [4.78, 5) is 29.0. The van der Waals surface area contributed by atoms with Crippen LogP contribution < -0.4 is 5.32 Å². The predicted octanol–water partition coefficient (Wildman–Crippen LogP) is 7.04. The normalized spacial score (nSPS) is 12.6. The number of amides is 2. The van der Waals surface area contributed by atoms with E-state index in [0.717, 1.165) is 29.5 Å². The number of nitrogens with zero attached hydrogens (tertiary/aromatic N) is 1. The second-order valence-corrected chi connectivity index (χ2v) is 10.3. The Morgan fingerprint density at radius 2 is 1.57 bits per heavy atom. The monoisotopic (exact) mass is 538 g/mol. The van der Waals surface area contributed by atoms with Crippen molar-refractivity contribution in [1.82, 2.24) is 10.2 Å². The van der Waals surface area contributed by atoms with Crippen LogP contribution in [0.5, 0.6) is 0 Å². The summed E-state index contributed by atoms with van der Waals surface area (Å²) in [5, 5.41) is 4.09. The fourth-order valence-corrected chi connectivity index (χ4v) is 4.63. The molecule has 0 heterocycles. The number of nitrogens with one attached hydrogen (secondary N) is 1. The molecule has 0 aliphatic carbocycles. The summed E-state index contributed by atoms with van der Waals surface area (Å²) in [7, 11) is 0. The van der Waals surface area contributed by atoms with Crippen molar-refractivity contribution in [1.29, 1.82) is 0 Å². The van der Waals surface area contributed by atoms with Crippen LogP contribution >= 0.6 is 23.2 Å². The number of benzene rings is 3. The number of hydrogen-bond donors (Lipinski definition) is 1. The van der Waals surface area contributed by atoms with Gasteiger partial charge >= 0.3 is 0 Å². The minimum atomic E-state index is -0.682. The van der Waals surface area contributed by atoms with Gasteiger partial charge in [-0.15, -0.1) is 0 Å². The Labute approximate surface area is 231 Å². The van der Waals surface area contributed by atoms with Crippen LogP contribution in [0, 0.1) is 0 Å². The first kappa shape index (κ1) is 28.7. The molecule has 0 spiro atoms. The fraction of sp³-hybridized carbons (Fsp3) is 0.355. The average molecular weight is 540 g/mol. The molecule has 0 fully saturated rings. The minimum absolute atomic E-state index is 0.000995. The van der Waals surface area contributed by atoms with Crippen LogP contribution in [0.1, 0.15) is 55.9 Å². The van der Waals surface area contributed by atoms with E-state index in [1.807, 2.05) is 50.2 Å². The van der Waals surface area contributed by atoms with E-state index >= 15 is 0 Å². The van der Waals surface area contributed by atoms with Gasteiger partial charge in [0.25, 0.3) is 0 Å². The molecule has 0 aromatic heterocycles. The van der Waals surface area contributed by atoms with Gasteiger partial charge in [0, 0.05) is 35.5 Å². The Kier molecular flexibility index (Phi) is 11.0. The van der Waals surface area contributed by atoms with Gasteiger partial charge in [-0.25, -0.2) is 0 Å². The maximum Gasteiger partial charge on any atom is 0.243 e. The van der Waals surface area contributed by atoms with Crippen molar-refractivity contribution in [2.75, 3.05) is 0 Å². The maximum absolute atomic E-state index is 13.8. The molecule has 196 valence electrons. The van der Waals surface area contributed by atoms with Crippen molar-refractivity contribution >= 4 is 35.0 Å². The Balaban J connectivity index is 1.92. The molecule has 0 saturated carbocycles. The lowest BCUT2D eigenvalue weighted by molar-refractivity contribution is -0.141. The molecule has 0 aliphatic heterocycles. The number of carbonyl (C=O) groups excluding carboxylic acids is 2. The van der Waals surface area contributed by atoms with Gasteiger partial charge in [-0.05, 0) is 60.6 Å². The van der Waals surface area contributed by atoms with E-state index in [0.29, 0.717) is 29.3 Å². The molecule has 0 radical (unpaired) electrons. The highest BCUT2D eigenvalue weighted by Crippen LogP contribution is 2.25. The molecule has 0 bridgehead atoms. The third kappa shape index (κ3) is 8.62. The van der Waals surface area contributed by atoms with Crippen molar-refractivity contribution in [3.8, 4) is 0 Å². The summed E-state index contributed by atoms with van der Waals surface area (Å²) in [5.74, 6) is -0.255. The van der Waals surface area contributed by atoms with Gasteiger partial charge < -0.3 is 10.2 Å². The lowest BCUT2D eigenvalue weighted by Gasteiger charge is -2.32. The number of hydrogen-bond acceptors (Lipinski definition) is 2. The van der Waals surface area contributed by atoms with Crippen molar-refractivity contribution in [3.63, 3.8) is 0 Å². The molecule has 0 aliphatic rings. The summed E-state index contributed by atoms with van der Waals surface area (Å²) in [5.41, 5.74) is 4.10. The van der Waals surface area contributed by atoms with Crippen LogP contribution in [0.3, 0.4) is 0 Å². The quantitative estimate of drug-likeness (QED) is 0.268. The number of aryl methyl sites for hydroxylation is 2. The minimum Gasteiger partial charge on any atom is -0.352 e. The van der Waals surface area contributed by atoms with Gasteiger partial charge in [0.1, 0.15) is 6.04 Å². The number of rotatable bonds is 12. The molecule has 3 rings (SSSR count). The Morgan fingerprint density at radius 1 is 0.892 bits per heavy atom. The van der Waals surface area contributed by atoms with Gasteiger partial charge in [0.15, 0.2) is 0 Å². The summed E-state index contributed by atoms with van der Waals surface area (Å²) in [6.45, 7) is 6.34. The Hall–Kier alpha value is -2.82. The molecular weight excluding hydrogens is 503 g/mol. The van der Waals surface area contributed by atoms with Gasteiger partial charge in [-0.1, -0.05) is 97.7 Å². The first-order valence-electron chi connectivity index (χ1n) is 13.0. The Bertz CT molecular complexity index is 1170. The van der Waals surface area contributed by atoms with Crippen LogP contribution in [0.25, 0.3) is 0 Å². The molecular formula is C31H36Cl2N2O2. The van der Waals surface area contributed by atoms with E-state index in [-0.39, 0.29) is 24.4 Å². The van der Waals surface area contributed by atoms with Gasteiger partial charge in [-0.3, -0.25) is 9.59 Å². The van der Waals surface area contributed by atoms with Crippen LogP contribution in [-0.4, -0.2) is 28.8 Å². The maximum atomic E-state index is 13.8. The number of carbonyl (C=O) groups is 2. The van der Waals surface area contributed by atoms with Crippen molar-refractivity contribution in [2.45, 2.75) is 71.5 Å². The molecule has 0 saturated heterocycles. The topological polar surface area (TPSA) is 49.4 Å². The second-order valence-electron chi connectivity index (χ2n) is 9.45. The van der Waals surface area contributed by atoms with Crippen LogP contribution in [0.4, 0.5) is 0 Å². The predicted molar refractivity (Wildman–Crippen MR) is 153 cm³/mol. The average Bonchev–Trinajstić information content (AvgIpc) is 2.91. The molecule has 6 heteroatoms. The zero-order valence-corrected chi connectivity index (χ0v) is 23.4. The van der Waals surface area contributed by atoms with E-state index in [2.05, 4.69) is 36.5 Å². The molecule has 2 amide bonds. The van der Waals surface area contributed by atoms with Gasteiger partial charge in [-0.2, -0.15) is 0 Å². The summed E-state index contributed by atoms with van der Waals surface area (Å²) in [6.07, 6.45) is 3.07. The zero-order valence-electron chi connectivity index (χ0n) is 21.8. The van der Waals surface area contributed by atoms with Crippen molar-refractivity contribution in [2.24, 2.45) is 0 Å². The highest BCUT2D eigenvalue weighted by atomic mass is 35.5. The van der Waals surface area contributed by atoms with E-state index in [9.17, 15) is 9.59 Å².